The Morgan fingerprint density at radius 1 is 0.815 bits per heavy atom. The fourth-order valence-electron chi connectivity index (χ4n) is 3.54. The number of aromatic nitrogens is 2. The molecule has 138 valence electrons. The van der Waals surface area contributed by atoms with E-state index in [9.17, 15) is 0 Å². The third-order valence-electron chi connectivity index (χ3n) is 4.74. The minimum atomic E-state index is 0.582. The summed E-state index contributed by atoms with van der Waals surface area (Å²) >= 11 is 0. The lowest BCUT2D eigenvalue weighted by Crippen LogP contribution is -2.17. The van der Waals surface area contributed by atoms with Gasteiger partial charge in [-0.05, 0) is 80.3 Å². The Hall–Kier alpha value is -3.08. The van der Waals surface area contributed by atoms with Crippen molar-refractivity contribution in [2.45, 2.75) is 26.7 Å². The van der Waals surface area contributed by atoms with Crippen molar-refractivity contribution >= 4 is 28.8 Å². The summed E-state index contributed by atoms with van der Waals surface area (Å²) in [6.07, 6.45) is 4.34. The molecule has 2 heterocycles. The number of rotatable bonds is 5. The maximum atomic E-state index is 4.58. The van der Waals surface area contributed by atoms with E-state index < -0.39 is 0 Å². The van der Waals surface area contributed by atoms with Crippen LogP contribution in [0.3, 0.4) is 0 Å². The molecule has 0 bridgehead atoms. The Morgan fingerprint density at radius 2 is 1.52 bits per heavy atom. The maximum absolute atomic E-state index is 4.58. The van der Waals surface area contributed by atoms with Crippen LogP contribution >= 0.6 is 0 Å². The predicted octanol–water partition coefficient (Wildman–Crippen LogP) is 5.18. The standard InChI is InChI=1S/C22H25N5/c1-16-13-17(2)15-19(14-16)25-22-23-10-9-21(26-22)24-18-5-7-20(8-6-18)27-11-3-4-12-27/h5-10,13-15H,3-4,11-12H2,1-2H3,(H2,23,24,25,26). The van der Waals surface area contributed by atoms with Crippen LogP contribution in [0.15, 0.2) is 54.7 Å². The van der Waals surface area contributed by atoms with Crippen LogP contribution < -0.4 is 15.5 Å². The van der Waals surface area contributed by atoms with Gasteiger partial charge < -0.3 is 15.5 Å². The Morgan fingerprint density at radius 3 is 2.22 bits per heavy atom. The van der Waals surface area contributed by atoms with Crippen LogP contribution in [0.5, 0.6) is 0 Å². The molecule has 0 spiro atoms. The second-order valence-electron chi connectivity index (χ2n) is 7.13. The van der Waals surface area contributed by atoms with Gasteiger partial charge in [0.15, 0.2) is 0 Å². The van der Waals surface area contributed by atoms with Gasteiger partial charge in [0.25, 0.3) is 0 Å². The average Bonchev–Trinajstić information content (AvgIpc) is 3.16. The average molecular weight is 359 g/mol. The van der Waals surface area contributed by atoms with Crippen molar-refractivity contribution in [3.05, 3.63) is 65.9 Å². The van der Waals surface area contributed by atoms with Crippen molar-refractivity contribution in [3.63, 3.8) is 0 Å². The summed E-state index contributed by atoms with van der Waals surface area (Å²) in [6.45, 7) is 6.49. The van der Waals surface area contributed by atoms with Gasteiger partial charge in [0.2, 0.25) is 5.95 Å². The smallest absolute Gasteiger partial charge is 0.229 e. The zero-order valence-corrected chi connectivity index (χ0v) is 15.9. The van der Waals surface area contributed by atoms with Gasteiger partial charge in [-0.15, -0.1) is 0 Å². The molecule has 0 atom stereocenters. The first kappa shape index (κ1) is 17.3. The molecule has 0 radical (unpaired) electrons. The quantitative estimate of drug-likeness (QED) is 0.657. The van der Waals surface area contributed by atoms with Gasteiger partial charge >= 0.3 is 0 Å². The number of anilines is 5. The SMILES string of the molecule is Cc1cc(C)cc(Nc2nccc(Nc3ccc(N4CCCC4)cc3)n2)c1. The van der Waals surface area contributed by atoms with Gasteiger partial charge in [-0.1, -0.05) is 6.07 Å². The first-order valence-corrected chi connectivity index (χ1v) is 9.46. The molecule has 4 rings (SSSR count). The van der Waals surface area contributed by atoms with Gasteiger partial charge in [-0.25, -0.2) is 4.98 Å². The molecular weight excluding hydrogens is 334 g/mol. The van der Waals surface area contributed by atoms with E-state index in [1.54, 1.807) is 6.20 Å². The van der Waals surface area contributed by atoms with Crippen LogP contribution in [0.2, 0.25) is 0 Å². The highest BCUT2D eigenvalue weighted by atomic mass is 15.1. The summed E-state index contributed by atoms with van der Waals surface area (Å²) in [4.78, 5) is 11.3. The monoisotopic (exact) mass is 359 g/mol. The summed E-state index contributed by atoms with van der Waals surface area (Å²) in [7, 11) is 0. The van der Waals surface area contributed by atoms with Crippen molar-refractivity contribution in [1.82, 2.24) is 9.97 Å². The van der Waals surface area contributed by atoms with E-state index in [1.165, 1.54) is 29.7 Å². The Kier molecular flexibility index (Phi) is 4.92. The van der Waals surface area contributed by atoms with Crippen LogP contribution in [0.1, 0.15) is 24.0 Å². The lowest BCUT2D eigenvalue weighted by Gasteiger charge is -2.18. The van der Waals surface area contributed by atoms with E-state index in [1.807, 2.05) is 6.07 Å². The summed E-state index contributed by atoms with van der Waals surface area (Å²) in [5.41, 5.74) is 5.74. The van der Waals surface area contributed by atoms with Crippen LogP contribution in [0.25, 0.3) is 0 Å². The molecule has 1 aliphatic rings. The predicted molar refractivity (Wildman–Crippen MR) is 112 cm³/mol. The van der Waals surface area contributed by atoms with Gasteiger partial charge in [0.05, 0.1) is 0 Å². The molecule has 0 saturated carbocycles. The fourth-order valence-corrected chi connectivity index (χ4v) is 3.54. The summed E-state index contributed by atoms with van der Waals surface area (Å²) in [6, 6.07) is 16.8. The molecule has 0 unspecified atom stereocenters. The van der Waals surface area contributed by atoms with E-state index in [0.29, 0.717) is 5.95 Å². The van der Waals surface area contributed by atoms with Crippen LogP contribution in [-0.2, 0) is 0 Å². The van der Waals surface area contributed by atoms with Gasteiger partial charge in [0.1, 0.15) is 5.82 Å². The molecule has 2 N–H and O–H groups in total. The highest BCUT2D eigenvalue weighted by Gasteiger charge is 2.11. The van der Waals surface area contributed by atoms with Crippen molar-refractivity contribution in [3.8, 4) is 0 Å². The topological polar surface area (TPSA) is 53.1 Å². The third kappa shape index (κ3) is 4.37. The van der Waals surface area contributed by atoms with E-state index in [0.717, 1.165) is 30.3 Å². The fraction of sp³-hybridized carbons (Fsp3) is 0.273. The van der Waals surface area contributed by atoms with Crippen molar-refractivity contribution in [2.24, 2.45) is 0 Å². The van der Waals surface area contributed by atoms with E-state index >= 15 is 0 Å². The lowest BCUT2D eigenvalue weighted by molar-refractivity contribution is 0.949. The lowest BCUT2D eigenvalue weighted by atomic mass is 10.1. The first-order chi connectivity index (χ1) is 13.2. The van der Waals surface area contributed by atoms with Crippen molar-refractivity contribution in [1.29, 1.82) is 0 Å². The minimum Gasteiger partial charge on any atom is -0.372 e. The zero-order chi connectivity index (χ0) is 18.6. The summed E-state index contributed by atoms with van der Waals surface area (Å²) in [5, 5.41) is 6.65. The highest BCUT2D eigenvalue weighted by molar-refractivity contribution is 5.63. The number of nitrogens with one attached hydrogen (secondary N) is 2. The molecule has 27 heavy (non-hydrogen) atoms. The molecule has 5 heteroatoms. The normalized spacial score (nSPS) is 13.6. The Labute approximate surface area is 160 Å². The van der Waals surface area contributed by atoms with Crippen molar-refractivity contribution < 1.29 is 0 Å². The maximum Gasteiger partial charge on any atom is 0.229 e. The Bertz CT molecular complexity index is 894. The molecule has 1 fully saturated rings. The molecule has 1 saturated heterocycles. The molecule has 2 aromatic carbocycles. The first-order valence-electron chi connectivity index (χ1n) is 9.46. The van der Waals surface area contributed by atoms with Crippen LogP contribution in [-0.4, -0.2) is 23.1 Å². The summed E-state index contributed by atoms with van der Waals surface area (Å²) < 4.78 is 0. The number of nitrogens with zero attached hydrogens (tertiary/aromatic N) is 3. The van der Waals surface area contributed by atoms with Crippen LogP contribution in [0, 0.1) is 13.8 Å². The molecule has 3 aromatic rings. The van der Waals surface area contributed by atoms with Gasteiger partial charge in [-0.3, -0.25) is 0 Å². The molecule has 5 nitrogen and oxygen atoms in total. The molecule has 1 aliphatic heterocycles. The molecule has 0 amide bonds. The van der Waals surface area contributed by atoms with E-state index in [2.05, 4.69) is 81.8 Å². The molecule has 0 aliphatic carbocycles. The summed E-state index contributed by atoms with van der Waals surface area (Å²) in [5.74, 6) is 1.35. The van der Waals surface area contributed by atoms with E-state index in [-0.39, 0.29) is 0 Å². The second-order valence-corrected chi connectivity index (χ2v) is 7.13. The number of benzene rings is 2. The van der Waals surface area contributed by atoms with E-state index in [4.69, 9.17) is 0 Å². The molecule has 1 aromatic heterocycles. The number of hydrogen-bond acceptors (Lipinski definition) is 5. The van der Waals surface area contributed by atoms with Gasteiger partial charge in [-0.2, -0.15) is 4.98 Å². The van der Waals surface area contributed by atoms with Crippen molar-refractivity contribution in [2.75, 3.05) is 28.6 Å². The highest BCUT2D eigenvalue weighted by Crippen LogP contribution is 2.24. The Balaban J connectivity index is 1.45. The minimum absolute atomic E-state index is 0.582. The second kappa shape index (κ2) is 7.66. The zero-order valence-electron chi connectivity index (χ0n) is 15.9. The third-order valence-corrected chi connectivity index (χ3v) is 4.74. The van der Waals surface area contributed by atoms with Gasteiger partial charge in [0, 0.05) is 36.3 Å². The molecular formula is C22H25N5. The number of aryl methyl sites for hydroxylation is 2. The largest absolute Gasteiger partial charge is 0.372 e. The number of hydrogen-bond donors (Lipinski definition) is 2. The van der Waals surface area contributed by atoms with Crippen LogP contribution in [0.4, 0.5) is 28.8 Å².